The van der Waals surface area contributed by atoms with E-state index < -0.39 is 6.17 Å². The minimum Gasteiger partial charge on any atom is -0.330 e. The lowest BCUT2D eigenvalue weighted by Gasteiger charge is -2.28. The van der Waals surface area contributed by atoms with Crippen molar-refractivity contribution in [2.75, 3.05) is 6.54 Å². The Hall–Kier alpha value is -0.890. The molecule has 0 aromatic heterocycles. The predicted molar refractivity (Wildman–Crippen MR) is 74.3 cm³/mol. The van der Waals surface area contributed by atoms with Crippen LogP contribution in [0.4, 0.5) is 4.39 Å². The Morgan fingerprint density at radius 1 is 1.33 bits per heavy atom. The molecule has 1 aromatic carbocycles. The smallest absolute Gasteiger partial charge is 0.129 e. The van der Waals surface area contributed by atoms with Crippen LogP contribution in [0.25, 0.3) is 0 Å². The molecule has 0 saturated heterocycles. The lowest BCUT2D eigenvalue weighted by molar-refractivity contribution is 0.188. The zero-order valence-electron chi connectivity index (χ0n) is 11.4. The van der Waals surface area contributed by atoms with E-state index in [4.69, 9.17) is 5.73 Å². The van der Waals surface area contributed by atoms with Crippen molar-refractivity contribution in [2.45, 2.75) is 45.2 Å². The number of halogens is 1. The van der Waals surface area contributed by atoms with Crippen molar-refractivity contribution in [3.63, 3.8) is 0 Å². The minimum absolute atomic E-state index is 0.0818. The number of alkyl halides is 1. The maximum absolute atomic E-state index is 14.5. The Kier molecular flexibility index (Phi) is 4.39. The van der Waals surface area contributed by atoms with E-state index in [0.29, 0.717) is 12.5 Å². The summed E-state index contributed by atoms with van der Waals surface area (Å²) in [5.41, 5.74) is 7.82. The largest absolute Gasteiger partial charge is 0.330 e. The molecule has 18 heavy (non-hydrogen) atoms. The fourth-order valence-electron chi connectivity index (χ4n) is 2.70. The summed E-state index contributed by atoms with van der Waals surface area (Å²) in [5.74, 6) is 0.853. The Bertz CT molecular complexity index is 384. The van der Waals surface area contributed by atoms with E-state index in [0.717, 1.165) is 5.56 Å². The van der Waals surface area contributed by atoms with Crippen LogP contribution in [0.3, 0.4) is 0 Å². The molecule has 0 spiro atoms. The molecule has 2 heteroatoms. The van der Waals surface area contributed by atoms with Gasteiger partial charge in [0.15, 0.2) is 0 Å². The quantitative estimate of drug-likeness (QED) is 0.831. The van der Waals surface area contributed by atoms with Gasteiger partial charge in [-0.1, -0.05) is 44.5 Å². The Morgan fingerprint density at radius 2 is 2.06 bits per heavy atom. The van der Waals surface area contributed by atoms with Gasteiger partial charge in [0.1, 0.15) is 6.17 Å². The third kappa shape index (κ3) is 2.74. The molecule has 0 heterocycles. The third-order valence-corrected chi connectivity index (χ3v) is 4.31. The molecule has 1 aliphatic rings. The molecular weight excluding hydrogens is 225 g/mol. The van der Waals surface area contributed by atoms with Crippen LogP contribution >= 0.6 is 0 Å². The average Bonchev–Trinajstić information content (AvgIpc) is 2.27. The van der Waals surface area contributed by atoms with Gasteiger partial charge in [-0.25, -0.2) is 4.39 Å². The molecule has 2 rings (SSSR count). The molecule has 0 aliphatic heterocycles. The first-order valence-electron chi connectivity index (χ1n) is 7.07. The highest BCUT2D eigenvalue weighted by atomic mass is 19.1. The summed E-state index contributed by atoms with van der Waals surface area (Å²) < 4.78 is 14.5. The van der Waals surface area contributed by atoms with E-state index in [1.165, 1.54) is 24.8 Å². The highest BCUT2D eigenvalue weighted by molar-refractivity contribution is 5.29. The second-order valence-electron chi connectivity index (χ2n) is 5.84. The zero-order chi connectivity index (χ0) is 13.1. The first kappa shape index (κ1) is 13.5. The van der Waals surface area contributed by atoms with E-state index >= 15 is 0 Å². The van der Waals surface area contributed by atoms with Gasteiger partial charge in [-0.05, 0) is 42.3 Å². The molecule has 1 fully saturated rings. The number of benzene rings is 1. The highest BCUT2D eigenvalue weighted by Gasteiger charge is 2.26. The van der Waals surface area contributed by atoms with Gasteiger partial charge in [-0.3, -0.25) is 0 Å². The van der Waals surface area contributed by atoms with Gasteiger partial charge in [0.2, 0.25) is 0 Å². The predicted octanol–water partition coefficient (Wildman–Crippen LogP) is 4.20. The molecule has 2 atom stereocenters. The standard InChI is InChI=1S/C16H24FN/c1-11(2)15(10-18)16(17)14-8-4-7-13(9-14)12-5-3-6-12/h4,7-9,11-12,15-16H,3,5-6,10,18H2,1-2H3. The van der Waals surface area contributed by atoms with E-state index in [1.54, 1.807) is 0 Å². The SMILES string of the molecule is CC(C)C(CN)C(F)c1cccc(C2CCC2)c1. The first-order valence-corrected chi connectivity index (χ1v) is 7.07. The maximum Gasteiger partial charge on any atom is 0.129 e. The van der Waals surface area contributed by atoms with Crippen LogP contribution in [0.15, 0.2) is 24.3 Å². The topological polar surface area (TPSA) is 26.0 Å². The maximum atomic E-state index is 14.5. The summed E-state index contributed by atoms with van der Waals surface area (Å²) in [6.07, 6.45) is 2.89. The molecule has 100 valence electrons. The molecule has 1 saturated carbocycles. The van der Waals surface area contributed by atoms with Gasteiger partial charge in [-0.2, -0.15) is 0 Å². The number of nitrogens with two attached hydrogens (primary N) is 1. The van der Waals surface area contributed by atoms with Crippen LogP contribution in [0.1, 0.15) is 56.3 Å². The van der Waals surface area contributed by atoms with Crippen molar-refractivity contribution >= 4 is 0 Å². The fourth-order valence-corrected chi connectivity index (χ4v) is 2.70. The van der Waals surface area contributed by atoms with Gasteiger partial charge >= 0.3 is 0 Å². The summed E-state index contributed by atoms with van der Waals surface area (Å²) in [5, 5.41) is 0. The molecule has 0 amide bonds. The average molecular weight is 249 g/mol. The minimum atomic E-state index is -0.935. The molecule has 1 aliphatic carbocycles. The monoisotopic (exact) mass is 249 g/mol. The van der Waals surface area contributed by atoms with Crippen LogP contribution in [0.2, 0.25) is 0 Å². The lowest BCUT2D eigenvalue weighted by Crippen LogP contribution is -2.24. The van der Waals surface area contributed by atoms with Gasteiger partial charge in [0, 0.05) is 5.92 Å². The molecule has 1 aromatic rings. The van der Waals surface area contributed by atoms with Crippen molar-refractivity contribution in [3.05, 3.63) is 35.4 Å². The van der Waals surface area contributed by atoms with E-state index in [1.807, 2.05) is 26.0 Å². The third-order valence-electron chi connectivity index (χ3n) is 4.31. The number of rotatable bonds is 5. The molecule has 0 radical (unpaired) electrons. The van der Waals surface area contributed by atoms with Gasteiger partial charge in [-0.15, -0.1) is 0 Å². The highest BCUT2D eigenvalue weighted by Crippen LogP contribution is 2.38. The van der Waals surface area contributed by atoms with Crippen molar-refractivity contribution in [3.8, 4) is 0 Å². The summed E-state index contributed by atoms with van der Waals surface area (Å²) in [6.45, 7) is 4.49. The summed E-state index contributed by atoms with van der Waals surface area (Å²) in [7, 11) is 0. The summed E-state index contributed by atoms with van der Waals surface area (Å²) in [4.78, 5) is 0. The molecule has 2 unspecified atom stereocenters. The molecule has 1 nitrogen and oxygen atoms in total. The first-order chi connectivity index (χ1) is 8.63. The zero-order valence-corrected chi connectivity index (χ0v) is 11.4. The Labute approximate surface area is 110 Å². The fraction of sp³-hybridized carbons (Fsp3) is 0.625. The van der Waals surface area contributed by atoms with Crippen LogP contribution in [0, 0.1) is 11.8 Å². The van der Waals surface area contributed by atoms with Gasteiger partial charge < -0.3 is 5.73 Å². The summed E-state index contributed by atoms with van der Waals surface area (Å²) in [6, 6.07) is 8.08. The van der Waals surface area contributed by atoms with Gasteiger partial charge in [0.25, 0.3) is 0 Å². The normalized spacial score (nSPS) is 19.6. The second kappa shape index (κ2) is 5.83. The van der Waals surface area contributed by atoms with E-state index in [2.05, 4.69) is 12.1 Å². The van der Waals surface area contributed by atoms with Crippen LogP contribution in [0.5, 0.6) is 0 Å². The Balaban J connectivity index is 2.16. The van der Waals surface area contributed by atoms with Crippen LogP contribution in [-0.2, 0) is 0 Å². The Morgan fingerprint density at radius 3 is 2.56 bits per heavy atom. The van der Waals surface area contributed by atoms with E-state index in [9.17, 15) is 4.39 Å². The van der Waals surface area contributed by atoms with Gasteiger partial charge in [0.05, 0.1) is 0 Å². The number of hydrogen-bond donors (Lipinski definition) is 1. The molecular formula is C16H24FN. The van der Waals surface area contributed by atoms with Crippen molar-refractivity contribution in [1.29, 1.82) is 0 Å². The summed E-state index contributed by atoms with van der Waals surface area (Å²) >= 11 is 0. The van der Waals surface area contributed by atoms with E-state index in [-0.39, 0.29) is 11.8 Å². The van der Waals surface area contributed by atoms with Crippen molar-refractivity contribution < 1.29 is 4.39 Å². The van der Waals surface area contributed by atoms with Crippen LogP contribution < -0.4 is 5.73 Å². The van der Waals surface area contributed by atoms with Crippen molar-refractivity contribution in [2.24, 2.45) is 17.6 Å². The molecule has 2 N–H and O–H groups in total. The second-order valence-corrected chi connectivity index (χ2v) is 5.84. The number of hydrogen-bond acceptors (Lipinski definition) is 1. The van der Waals surface area contributed by atoms with Crippen LogP contribution in [-0.4, -0.2) is 6.54 Å². The lowest BCUT2D eigenvalue weighted by atomic mass is 9.78. The van der Waals surface area contributed by atoms with Crippen molar-refractivity contribution in [1.82, 2.24) is 0 Å². The molecule has 0 bridgehead atoms.